The van der Waals surface area contributed by atoms with Gasteiger partial charge in [0, 0.05) is 12.0 Å². The maximum absolute atomic E-state index is 8.00. The van der Waals surface area contributed by atoms with Crippen molar-refractivity contribution in [1.82, 2.24) is 5.32 Å². The number of rotatable bonds is 7. The van der Waals surface area contributed by atoms with E-state index in [4.69, 9.17) is 9.53 Å². The van der Waals surface area contributed by atoms with Crippen LogP contribution in [0.4, 0.5) is 0 Å². The number of hydrogen-bond donors (Lipinski definition) is 2. The summed E-state index contributed by atoms with van der Waals surface area (Å²) in [7, 11) is 0. The van der Waals surface area contributed by atoms with Crippen molar-refractivity contribution in [3.8, 4) is 0 Å². The molecule has 0 aliphatic heterocycles. The average Bonchev–Trinajstić information content (AvgIpc) is 2.44. The van der Waals surface area contributed by atoms with Crippen LogP contribution in [0.3, 0.4) is 0 Å². The van der Waals surface area contributed by atoms with Crippen LogP contribution in [0.1, 0.15) is 59.3 Å². The van der Waals surface area contributed by atoms with Gasteiger partial charge in [0.05, 0.1) is 12.2 Å². The third-order valence-corrected chi connectivity index (χ3v) is 4.05. The van der Waals surface area contributed by atoms with Gasteiger partial charge in [0.1, 0.15) is 6.79 Å². The molecule has 1 N–H and O–H groups in total. The summed E-state index contributed by atoms with van der Waals surface area (Å²) in [4.78, 5) is 8.00. The Morgan fingerprint density at radius 3 is 2.30 bits per heavy atom. The highest BCUT2D eigenvalue weighted by Crippen LogP contribution is 2.37. The van der Waals surface area contributed by atoms with Gasteiger partial charge in [-0.05, 0) is 52.3 Å². The number of carbonyl (C=O) groups is 1. The maximum Gasteiger partial charge on any atom is 0.106 e. The van der Waals surface area contributed by atoms with Gasteiger partial charge in [0.15, 0.2) is 0 Å². The third-order valence-electron chi connectivity index (χ3n) is 3.74. The van der Waals surface area contributed by atoms with Crippen LogP contribution >= 0.6 is 12.6 Å². The van der Waals surface area contributed by atoms with Crippen LogP contribution in [0.5, 0.6) is 0 Å². The molecule has 1 fully saturated rings. The minimum Gasteiger partial charge on any atom is -0.375 e. The SMILES string of the molecule is C=O.CC(C)(C)OCC1(CNCCCS)CCCCC1. The Morgan fingerprint density at radius 2 is 1.80 bits per heavy atom. The molecule has 0 aromatic carbocycles. The van der Waals surface area contributed by atoms with Crippen molar-refractivity contribution in [2.24, 2.45) is 5.41 Å². The summed E-state index contributed by atoms with van der Waals surface area (Å²) < 4.78 is 6.07. The summed E-state index contributed by atoms with van der Waals surface area (Å²) in [5, 5.41) is 3.60. The first kappa shape index (κ1) is 19.9. The molecule has 0 radical (unpaired) electrons. The van der Waals surface area contributed by atoms with Crippen LogP contribution in [0.25, 0.3) is 0 Å². The van der Waals surface area contributed by atoms with Crippen molar-refractivity contribution in [2.75, 3.05) is 25.4 Å². The number of carbonyl (C=O) groups excluding carboxylic acids is 1. The van der Waals surface area contributed by atoms with Crippen molar-refractivity contribution < 1.29 is 9.53 Å². The van der Waals surface area contributed by atoms with Crippen LogP contribution in [0.15, 0.2) is 0 Å². The van der Waals surface area contributed by atoms with Gasteiger partial charge in [-0.2, -0.15) is 12.6 Å². The first-order valence-corrected chi connectivity index (χ1v) is 8.35. The fraction of sp³-hybridized carbons (Fsp3) is 0.938. The van der Waals surface area contributed by atoms with Crippen molar-refractivity contribution in [2.45, 2.75) is 64.9 Å². The maximum atomic E-state index is 8.00. The minimum absolute atomic E-state index is 0.0183. The van der Waals surface area contributed by atoms with Gasteiger partial charge >= 0.3 is 0 Å². The minimum atomic E-state index is -0.0183. The number of hydrogen-bond acceptors (Lipinski definition) is 4. The van der Waals surface area contributed by atoms with E-state index in [1.54, 1.807) is 0 Å². The molecule has 0 saturated heterocycles. The molecule has 1 aliphatic rings. The van der Waals surface area contributed by atoms with E-state index in [0.29, 0.717) is 5.41 Å². The predicted octanol–water partition coefficient (Wildman–Crippen LogP) is 3.48. The molecule has 20 heavy (non-hydrogen) atoms. The average molecular weight is 304 g/mol. The zero-order valence-electron chi connectivity index (χ0n) is 13.5. The van der Waals surface area contributed by atoms with E-state index in [1.165, 1.54) is 32.1 Å². The second-order valence-electron chi connectivity index (χ2n) is 6.72. The molecule has 0 bridgehead atoms. The summed E-state index contributed by atoms with van der Waals surface area (Å²) in [5.41, 5.74) is 0.359. The first-order chi connectivity index (χ1) is 9.47. The lowest BCUT2D eigenvalue weighted by Crippen LogP contribution is -2.42. The number of nitrogens with one attached hydrogen (secondary N) is 1. The molecule has 0 heterocycles. The Kier molecular flexibility index (Phi) is 10.6. The highest BCUT2D eigenvalue weighted by atomic mass is 32.1. The lowest BCUT2D eigenvalue weighted by atomic mass is 9.74. The standard InChI is InChI=1S/C15H31NOS.CH2O/c1-14(2,3)17-13-15(8-5-4-6-9-15)12-16-10-7-11-18;1-2/h16,18H,4-13H2,1-3H3;1H2. The second kappa shape index (κ2) is 10.6. The molecule has 120 valence electrons. The van der Waals surface area contributed by atoms with Crippen molar-refractivity contribution in [3.63, 3.8) is 0 Å². The summed E-state index contributed by atoms with van der Waals surface area (Å²) >= 11 is 4.26. The zero-order valence-corrected chi connectivity index (χ0v) is 14.4. The predicted molar refractivity (Wildman–Crippen MR) is 89.7 cm³/mol. The van der Waals surface area contributed by atoms with E-state index >= 15 is 0 Å². The molecule has 0 unspecified atom stereocenters. The van der Waals surface area contributed by atoms with Crippen LogP contribution in [-0.2, 0) is 9.53 Å². The fourth-order valence-electron chi connectivity index (χ4n) is 2.60. The lowest BCUT2D eigenvalue weighted by Gasteiger charge is -2.39. The summed E-state index contributed by atoms with van der Waals surface area (Å²) in [6.45, 7) is 11.6. The van der Waals surface area contributed by atoms with Gasteiger partial charge in [-0.3, -0.25) is 0 Å². The van der Waals surface area contributed by atoms with Gasteiger partial charge < -0.3 is 14.8 Å². The normalized spacial score (nSPS) is 18.2. The monoisotopic (exact) mass is 303 g/mol. The summed E-state index contributed by atoms with van der Waals surface area (Å²) in [5.74, 6) is 0.971. The molecule has 4 heteroatoms. The third kappa shape index (κ3) is 8.98. The Labute approximate surface area is 130 Å². The number of thiol groups is 1. The molecular formula is C16H33NO2S. The van der Waals surface area contributed by atoms with Gasteiger partial charge in [-0.1, -0.05) is 19.3 Å². The van der Waals surface area contributed by atoms with E-state index in [2.05, 4.69) is 38.7 Å². The van der Waals surface area contributed by atoms with Crippen molar-refractivity contribution >= 4 is 19.4 Å². The Bertz CT molecular complexity index is 235. The highest BCUT2D eigenvalue weighted by molar-refractivity contribution is 7.80. The van der Waals surface area contributed by atoms with Crippen LogP contribution in [0, 0.1) is 5.41 Å². The fourth-order valence-corrected chi connectivity index (χ4v) is 2.76. The van der Waals surface area contributed by atoms with Gasteiger partial charge in [0.25, 0.3) is 0 Å². The number of ether oxygens (including phenoxy) is 1. The lowest BCUT2D eigenvalue weighted by molar-refractivity contribution is -0.0980. The molecule has 0 atom stereocenters. The molecule has 1 rings (SSSR count). The van der Waals surface area contributed by atoms with E-state index in [0.717, 1.165) is 31.9 Å². The largest absolute Gasteiger partial charge is 0.375 e. The molecule has 1 aliphatic carbocycles. The molecular weight excluding hydrogens is 270 g/mol. The van der Waals surface area contributed by atoms with Crippen molar-refractivity contribution in [1.29, 1.82) is 0 Å². The van der Waals surface area contributed by atoms with Crippen LogP contribution < -0.4 is 5.32 Å². The highest BCUT2D eigenvalue weighted by Gasteiger charge is 2.33. The van der Waals surface area contributed by atoms with E-state index < -0.39 is 0 Å². The van der Waals surface area contributed by atoms with Crippen LogP contribution in [-0.4, -0.2) is 37.8 Å². The van der Waals surface area contributed by atoms with E-state index in [1.807, 2.05) is 6.79 Å². The molecule has 0 aromatic heterocycles. The molecule has 0 amide bonds. The van der Waals surface area contributed by atoms with Crippen molar-refractivity contribution in [3.05, 3.63) is 0 Å². The Hall–Kier alpha value is -0.0600. The molecule has 1 saturated carbocycles. The van der Waals surface area contributed by atoms with Gasteiger partial charge in [-0.25, -0.2) is 0 Å². The van der Waals surface area contributed by atoms with Gasteiger partial charge in [0.2, 0.25) is 0 Å². The smallest absolute Gasteiger partial charge is 0.106 e. The second-order valence-corrected chi connectivity index (χ2v) is 7.16. The van der Waals surface area contributed by atoms with Crippen LogP contribution in [0.2, 0.25) is 0 Å². The first-order valence-electron chi connectivity index (χ1n) is 7.72. The summed E-state index contributed by atoms with van der Waals surface area (Å²) in [6, 6.07) is 0. The zero-order chi connectivity index (χ0) is 15.5. The van der Waals surface area contributed by atoms with Gasteiger partial charge in [-0.15, -0.1) is 0 Å². The Balaban J connectivity index is 0.00000172. The topological polar surface area (TPSA) is 38.3 Å². The quantitative estimate of drug-likeness (QED) is 0.558. The van der Waals surface area contributed by atoms with E-state index in [9.17, 15) is 0 Å². The van der Waals surface area contributed by atoms with E-state index in [-0.39, 0.29) is 5.60 Å². The summed E-state index contributed by atoms with van der Waals surface area (Å²) in [6.07, 6.45) is 7.91. The molecule has 0 spiro atoms. The Morgan fingerprint density at radius 1 is 1.20 bits per heavy atom. The molecule has 3 nitrogen and oxygen atoms in total. The molecule has 0 aromatic rings.